The first-order valence-electron chi connectivity index (χ1n) is 4.33. The van der Waals surface area contributed by atoms with Gasteiger partial charge in [0.1, 0.15) is 6.29 Å². The maximum Gasteiger partial charge on any atom is 0.139 e. The van der Waals surface area contributed by atoms with Crippen molar-refractivity contribution in [1.29, 1.82) is 0 Å². The summed E-state index contributed by atoms with van der Waals surface area (Å²) in [7, 11) is 0. The van der Waals surface area contributed by atoms with Crippen molar-refractivity contribution in [3.8, 4) is 0 Å². The van der Waals surface area contributed by atoms with E-state index in [1.807, 2.05) is 6.92 Å². The van der Waals surface area contributed by atoms with Crippen LogP contribution in [0.25, 0.3) is 0 Å². The van der Waals surface area contributed by atoms with Crippen LogP contribution in [0.15, 0.2) is 0 Å². The molecule has 1 unspecified atom stereocenters. The maximum absolute atomic E-state index is 10.8. The highest BCUT2D eigenvalue weighted by Gasteiger charge is 2.37. The van der Waals surface area contributed by atoms with Crippen molar-refractivity contribution in [2.24, 2.45) is 0 Å². The van der Waals surface area contributed by atoms with Crippen LogP contribution in [0.5, 0.6) is 0 Å². The van der Waals surface area contributed by atoms with E-state index in [4.69, 9.17) is 0 Å². The third-order valence-corrected chi connectivity index (χ3v) is 2.62. The van der Waals surface area contributed by atoms with E-state index in [9.17, 15) is 4.79 Å². The van der Waals surface area contributed by atoms with Gasteiger partial charge in [-0.25, -0.2) is 0 Å². The highest BCUT2D eigenvalue weighted by molar-refractivity contribution is 5.64. The molecule has 0 aromatic heterocycles. The van der Waals surface area contributed by atoms with E-state index in [2.05, 4.69) is 18.7 Å². The van der Waals surface area contributed by atoms with E-state index < -0.39 is 0 Å². The molecule has 0 aliphatic carbocycles. The monoisotopic (exact) mass is 155 g/mol. The van der Waals surface area contributed by atoms with Gasteiger partial charge in [0.15, 0.2) is 0 Å². The molecule has 1 saturated heterocycles. The third-order valence-electron chi connectivity index (χ3n) is 2.62. The highest BCUT2D eigenvalue weighted by atomic mass is 16.1. The van der Waals surface area contributed by atoms with Gasteiger partial charge in [-0.3, -0.25) is 4.90 Å². The Kier molecular flexibility index (Phi) is 2.33. The average Bonchev–Trinajstić information content (AvgIpc) is 2.32. The van der Waals surface area contributed by atoms with Gasteiger partial charge in [0, 0.05) is 6.04 Å². The number of carbonyl (C=O) groups excluding carboxylic acids is 1. The van der Waals surface area contributed by atoms with Gasteiger partial charge in [-0.2, -0.15) is 0 Å². The molecular weight excluding hydrogens is 138 g/mol. The van der Waals surface area contributed by atoms with Crippen LogP contribution in [0.4, 0.5) is 0 Å². The average molecular weight is 155 g/mol. The Hall–Kier alpha value is -0.370. The second kappa shape index (κ2) is 2.94. The third kappa shape index (κ3) is 1.45. The van der Waals surface area contributed by atoms with E-state index in [-0.39, 0.29) is 5.54 Å². The van der Waals surface area contributed by atoms with Gasteiger partial charge in [-0.15, -0.1) is 0 Å². The highest BCUT2D eigenvalue weighted by Crippen LogP contribution is 2.28. The van der Waals surface area contributed by atoms with Crippen molar-refractivity contribution < 1.29 is 4.79 Å². The summed E-state index contributed by atoms with van der Waals surface area (Å²) >= 11 is 0. The number of aldehydes is 1. The fraction of sp³-hybridized carbons (Fsp3) is 0.889. The predicted molar refractivity (Wildman–Crippen MR) is 45.5 cm³/mol. The maximum atomic E-state index is 10.8. The predicted octanol–water partition coefficient (Wildman–Crippen LogP) is 1.45. The normalized spacial score (nSPS) is 33.1. The summed E-state index contributed by atoms with van der Waals surface area (Å²) < 4.78 is 0. The molecule has 2 heteroatoms. The minimum atomic E-state index is -0.172. The van der Waals surface area contributed by atoms with Gasteiger partial charge in [0.2, 0.25) is 0 Å². The Labute approximate surface area is 68.6 Å². The summed E-state index contributed by atoms with van der Waals surface area (Å²) in [4.78, 5) is 13.1. The van der Waals surface area contributed by atoms with Crippen LogP contribution in [0.3, 0.4) is 0 Å². The lowest BCUT2D eigenvalue weighted by molar-refractivity contribution is -0.117. The zero-order valence-corrected chi connectivity index (χ0v) is 7.63. The van der Waals surface area contributed by atoms with Gasteiger partial charge >= 0.3 is 0 Å². The molecule has 0 bridgehead atoms. The molecule has 1 atom stereocenters. The Bertz CT molecular complexity index is 156. The lowest BCUT2D eigenvalue weighted by Gasteiger charge is -2.33. The molecule has 1 aliphatic heterocycles. The smallest absolute Gasteiger partial charge is 0.139 e. The summed E-state index contributed by atoms with van der Waals surface area (Å²) in [6, 6.07) is 0.493. The van der Waals surface area contributed by atoms with Gasteiger partial charge in [0.05, 0.1) is 5.54 Å². The van der Waals surface area contributed by atoms with Crippen LogP contribution < -0.4 is 0 Å². The van der Waals surface area contributed by atoms with Crippen molar-refractivity contribution >= 4 is 6.29 Å². The molecule has 0 amide bonds. The first kappa shape index (κ1) is 8.72. The molecular formula is C9H17NO. The quantitative estimate of drug-likeness (QED) is 0.562. The molecule has 0 N–H and O–H groups in total. The van der Waals surface area contributed by atoms with Crippen LogP contribution in [-0.4, -0.2) is 29.3 Å². The molecule has 1 rings (SSSR count). The Morgan fingerprint density at radius 3 is 2.55 bits per heavy atom. The fourth-order valence-corrected chi connectivity index (χ4v) is 1.98. The van der Waals surface area contributed by atoms with E-state index in [0.29, 0.717) is 6.04 Å². The summed E-state index contributed by atoms with van der Waals surface area (Å²) in [5, 5.41) is 0. The largest absolute Gasteiger partial charge is 0.301 e. The first-order chi connectivity index (χ1) is 5.10. The second-order valence-electron chi connectivity index (χ2n) is 3.87. The van der Waals surface area contributed by atoms with Crippen molar-refractivity contribution in [2.75, 3.05) is 6.54 Å². The van der Waals surface area contributed by atoms with Crippen molar-refractivity contribution in [2.45, 2.75) is 45.2 Å². The number of hydrogen-bond donors (Lipinski definition) is 0. The number of hydrogen-bond acceptors (Lipinski definition) is 2. The lowest BCUT2D eigenvalue weighted by atomic mass is 10.0. The summed E-state index contributed by atoms with van der Waals surface area (Å²) in [6.07, 6.45) is 3.28. The van der Waals surface area contributed by atoms with Crippen LogP contribution in [0.2, 0.25) is 0 Å². The van der Waals surface area contributed by atoms with Crippen LogP contribution in [0, 0.1) is 0 Å². The number of rotatable bonds is 2. The molecule has 1 aliphatic rings. The summed E-state index contributed by atoms with van der Waals surface area (Å²) in [5.41, 5.74) is -0.172. The minimum absolute atomic E-state index is 0.172. The van der Waals surface area contributed by atoms with E-state index in [1.54, 1.807) is 0 Å². The SMILES string of the molecule is CC(C)N1CCCC1(C)C=O. The lowest BCUT2D eigenvalue weighted by Crippen LogP contribution is -2.46. The number of nitrogens with zero attached hydrogens (tertiary/aromatic N) is 1. The molecule has 0 aromatic rings. The molecule has 2 nitrogen and oxygen atoms in total. The van der Waals surface area contributed by atoms with Crippen molar-refractivity contribution in [1.82, 2.24) is 4.90 Å². The van der Waals surface area contributed by atoms with Gasteiger partial charge in [-0.1, -0.05) is 0 Å². The molecule has 11 heavy (non-hydrogen) atoms. The summed E-state index contributed by atoms with van der Waals surface area (Å²) in [5.74, 6) is 0. The second-order valence-corrected chi connectivity index (χ2v) is 3.87. The van der Waals surface area contributed by atoms with Crippen molar-refractivity contribution in [3.05, 3.63) is 0 Å². The zero-order valence-electron chi connectivity index (χ0n) is 7.63. The van der Waals surface area contributed by atoms with Gasteiger partial charge in [-0.05, 0) is 40.2 Å². The number of carbonyl (C=O) groups is 1. The van der Waals surface area contributed by atoms with Gasteiger partial charge in [0.25, 0.3) is 0 Å². The fourth-order valence-electron chi connectivity index (χ4n) is 1.98. The molecule has 1 heterocycles. The van der Waals surface area contributed by atoms with Gasteiger partial charge < -0.3 is 4.79 Å². The molecule has 0 aromatic carbocycles. The van der Waals surface area contributed by atoms with E-state index >= 15 is 0 Å². The minimum Gasteiger partial charge on any atom is -0.301 e. The zero-order chi connectivity index (χ0) is 8.48. The molecule has 0 spiro atoms. The Morgan fingerprint density at radius 1 is 1.55 bits per heavy atom. The van der Waals surface area contributed by atoms with Crippen LogP contribution in [-0.2, 0) is 4.79 Å². The molecule has 64 valence electrons. The van der Waals surface area contributed by atoms with Crippen molar-refractivity contribution in [3.63, 3.8) is 0 Å². The Morgan fingerprint density at radius 2 is 2.18 bits per heavy atom. The van der Waals surface area contributed by atoms with E-state index in [1.165, 1.54) is 0 Å². The van der Waals surface area contributed by atoms with E-state index in [0.717, 1.165) is 25.7 Å². The molecule has 0 radical (unpaired) electrons. The Balaban J connectivity index is 2.72. The summed E-state index contributed by atoms with van der Waals surface area (Å²) in [6.45, 7) is 7.40. The standard InChI is InChI=1S/C9H17NO/c1-8(2)10-6-4-5-9(10,3)7-11/h7-8H,4-6H2,1-3H3. The first-order valence-corrected chi connectivity index (χ1v) is 4.33. The van der Waals surface area contributed by atoms with Crippen LogP contribution >= 0.6 is 0 Å². The molecule has 0 saturated carbocycles. The molecule has 1 fully saturated rings. The topological polar surface area (TPSA) is 20.3 Å². The number of likely N-dealkylation sites (tertiary alicyclic amines) is 1. The van der Waals surface area contributed by atoms with Crippen LogP contribution in [0.1, 0.15) is 33.6 Å².